The number of rotatable bonds is 10. The zero-order valence-corrected chi connectivity index (χ0v) is 20.6. The molecule has 0 amide bonds. The Hall–Kier alpha value is -0.780. The number of unbranched alkanes of at least 4 members (excludes halogenated alkanes) is 1. The molecule has 0 spiro atoms. The Labute approximate surface area is 188 Å². The van der Waals surface area contributed by atoms with Crippen molar-refractivity contribution in [2.45, 2.75) is 117 Å². The second-order valence-electron chi connectivity index (χ2n) is 11.1. The van der Waals surface area contributed by atoms with Gasteiger partial charge in [-0.15, -0.1) is 0 Å². The summed E-state index contributed by atoms with van der Waals surface area (Å²) in [6.07, 6.45) is 19.0. The number of hydrogen-bond donors (Lipinski definition) is 0. The van der Waals surface area contributed by atoms with Crippen LogP contribution in [0.15, 0.2) is 30.3 Å². The molecule has 2 saturated carbocycles. The van der Waals surface area contributed by atoms with Gasteiger partial charge in [0.15, 0.2) is 0 Å². The molecule has 0 bridgehead atoms. The lowest BCUT2D eigenvalue weighted by Gasteiger charge is -2.41. The van der Waals surface area contributed by atoms with Crippen LogP contribution in [0.1, 0.15) is 123 Å². The maximum atomic E-state index is 2.62. The minimum Gasteiger partial charge on any atom is -0.0654 e. The van der Waals surface area contributed by atoms with E-state index in [2.05, 4.69) is 58.0 Å². The monoisotopic (exact) mass is 410 g/mol. The molecule has 3 rings (SSSR count). The number of benzene rings is 1. The minimum atomic E-state index is 0.758. The Balaban J connectivity index is 1.48. The molecular formula is C30H50. The summed E-state index contributed by atoms with van der Waals surface area (Å²) in [6, 6.07) is 11.4. The lowest BCUT2D eigenvalue weighted by Crippen LogP contribution is -2.30. The van der Waals surface area contributed by atoms with Crippen molar-refractivity contribution in [1.82, 2.24) is 0 Å². The van der Waals surface area contributed by atoms with E-state index in [1.54, 1.807) is 5.56 Å². The van der Waals surface area contributed by atoms with E-state index >= 15 is 0 Å². The first kappa shape index (κ1) is 23.9. The van der Waals surface area contributed by atoms with E-state index in [1.165, 1.54) is 83.5 Å². The van der Waals surface area contributed by atoms with Crippen molar-refractivity contribution in [3.63, 3.8) is 0 Å². The van der Waals surface area contributed by atoms with E-state index in [9.17, 15) is 0 Å². The molecule has 3 atom stereocenters. The van der Waals surface area contributed by atoms with Crippen molar-refractivity contribution in [2.24, 2.45) is 35.5 Å². The minimum absolute atomic E-state index is 0.758. The fourth-order valence-electron chi connectivity index (χ4n) is 7.15. The summed E-state index contributed by atoms with van der Waals surface area (Å²) in [5, 5.41) is 0. The Morgan fingerprint density at radius 3 is 1.87 bits per heavy atom. The van der Waals surface area contributed by atoms with Gasteiger partial charge >= 0.3 is 0 Å². The molecule has 0 aromatic heterocycles. The summed E-state index contributed by atoms with van der Waals surface area (Å²) in [4.78, 5) is 0. The first-order chi connectivity index (χ1) is 14.6. The molecular weight excluding hydrogens is 360 g/mol. The molecule has 0 aliphatic heterocycles. The van der Waals surface area contributed by atoms with Gasteiger partial charge in [-0.2, -0.15) is 0 Å². The quantitative estimate of drug-likeness (QED) is 0.360. The summed E-state index contributed by atoms with van der Waals surface area (Å²) < 4.78 is 0. The fourth-order valence-corrected chi connectivity index (χ4v) is 7.15. The van der Waals surface area contributed by atoms with Gasteiger partial charge in [-0.25, -0.2) is 0 Å². The number of hydrogen-bond acceptors (Lipinski definition) is 0. The summed E-state index contributed by atoms with van der Waals surface area (Å²) >= 11 is 0. The van der Waals surface area contributed by atoms with Crippen LogP contribution in [0.2, 0.25) is 0 Å². The fraction of sp³-hybridized carbons (Fsp3) is 0.800. The van der Waals surface area contributed by atoms with Crippen LogP contribution in [-0.4, -0.2) is 0 Å². The smallest absolute Gasteiger partial charge is 0.0134 e. The van der Waals surface area contributed by atoms with Gasteiger partial charge in [-0.05, 0) is 91.9 Å². The van der Waals surface area contributed by atoms with E-state index in [0.29, 0.717) is 0 Å². The molecule has 30 heavy (non-hydrogen) atoms. The first-order valence-electron chi connectivity index (χ1n) is 13.7. The van der Waals surface area contributed by atoms with Crippen LogP contribution in [-0.2, 0) is 0 Å². The molecule has 1 aromatic carbocycles. The molecule has 3 unspecified atom stereocenters. The summed E-state index contributed by atoms with van der Waals surface area (Å²) in [6.45, 7) is 9.89. The molecule has 0 nitrogen and oxygen atoms in total. The predicted molar refractivity (Wildman–Crippen MR) is 133 cm³/mol. The third kappa shape index (κ3) is 6.37. The highest BCUT2D eigenvalue weighted by molar-refractivity contribution is 5.20. The zero-order valence-electron chi connectivity index (χ0n) is 20.6. The van der Waals surface area contributed by atoms with E-state index in [1.807, 2.05) is 0 Å². The van der Waals surface area contributed by atoms with Gasteiger partial charge in [-0.1, -0.05) is 96.6 Å². The van der Waals surface area contributed by atoms with Crippen LogP contribution in [0.4, 0.5) is 0 Å². The Kier molecular flexibility index (Phi) is 9.79. The maximum Gasteiger partial charge on any atom is -0.0134 e. The van der Waals surface area contributed by atoms with Gasteiger partial charge < -0.3 is 0 Å². The van der Waals surface area contributed by atoms with Crippen LogP contribution in [0.5, 0.6) is 0 Å². The van der Waals surface area contributed by atoms with Gasteiger partial charge in [0.25, 0.3) is 0 Å². The van der Waals surface area contributed by atoms with Crippen LogP contribution in [0.3, 0.4) is 0 Å². The third-order valence-electron chi connectivity index (χ3n) is 9.37. The van der Waals surface area contributed by atoms with E-state index < -0.39 is 0 Å². The second-order valence-corrected chi connectivity index (χ2v) is 11.1. The molecule has 0 heterocycles. The van der Waals surface area contributed by atoms with E-state index in [-0.39, 0.29) is 0 Å². The lowest BCUT2D eigenvalue weighted by atomic mass is 9.64. The largest absolute Gasteiger partial charge is 0.0654 e. The SMILES string of the molecule is CCCCC1CCC(C(C)C2CCC(C(C)C(CCC)c3ccccc3)CC2)CC1. The van der Waals surface area contributed by atoms with Crippen molar-refractivity contribution < 1.29 is 0 Å². The van der Waals surface area contributed by atoms with Crippen LogP contribution >= 0.6 is 0 Å². The molecule has 170 valence electrons. The summed E-state index contributed by atoms with van der Waals surface area (Å²) in [5.41, 5.74) is 1.59. The molecule has 1 aromatic rings. The Morgan fingerprint density at radius 1 is 0.733 bits per heavy atom. The molecule has 0 heteroatoms. The van der Waals surface area contributed by atoms with Crippen LogP contribution in [0.25, 0.3) is 0 Å². The highest BCUT2D eigenvalue weighted by atomic mass is 14.4. The molecule has 0 N–H and O–H groups in total. The van der Waals surface area contributed by atoms with Crippen LogP contribution < -0.4 is 0 Å². The third-order valence-corrected chi connectivity index (χ3v) is 9.37. The second kappa shape index (κ2) is 12.3. The molecule has 2 aliphatic rings. The van der Waals surface area contributed by atoms with Crippen molar-refractivity contribution in [1.29, 1.82) is 0 Å². The van der Waals surface area contributed by atoms with Gasteiger partial charge in [0.2, 0.25) is 0 Å². The summed E-state index contributed by atoms with van der Waals surface area (Å²) in [7, 11) is 0. The van der Waals surface area contributed by atoms with Gasteiger partial charge in [0.1, 0.15) is 0 Å². The average molecular weight is 411 g/mol. The Morgan fingerprint density at radius 2 is 1.30 bits per heavy atom. The standard InChI is InChI=1S/C30H50/c1-5-7-12-25-15-17-26(18-16-25)23(3)27-19-21-28(22-20-27)24(4)30(11-6-2)29-13-9-8-10-14-29/h8-10,13-14,23-28,30H,5-7,11-12,15-22H2,1-4H3. The maximum absolute atomic E-state index is 2.62. The molecule has 2 aliphatic carbocycles. The molecule has 0 saturated heterocycles. The Bertz CT molecular complexity index is 559. The highest BCUT2D eigenvalue weighted by Crippen LogP contribution is 2.46. The topological polar surface area (TPSA) is 0 Å². The normalized spacial score (nSPS) is 30.5. The van der Waals surface area contributed by atoms with Gasteiger partial charge in [0.05, 0.1) is 0 Å². The van der Waals surface area contributed by atoms with Crippen molar-refractivity contribution in [3.05, 3.63) is 35.9 Å². The van der Waals surface area contributed by atoms with Gasteiger partial charge in [0, 0.05) is 0 Å². The predicted octanol–water partition coefficient (Wildman–Crippen LogP) is 9.65. The van der Waals surface area contributed by atoms with Crippen molar-refractivity contribution in [2.75, 3.05) is 0 Å². The van der Waals surface area contributed by atoms with Crippen LogP contribution in [0, 0.1) is 35.5 Å². The van der Waals surface area contributed by atoms with Crippen molar-refractivity contribution in [3.8, 4) is 0 Å². The first-order valence-corrected chi connectivity index (χ1v) is 13.7. The average Bonchev–Trinajstić information content (AvgIpc) is 2.81. The van der Waals surface area contributed by atoms with E-state index in [0.717, 1.165) is 41.4 Å². The summed E-state index contributed by atoms with van der Waals surface area (Å²) in [5.74, 6) is 6.58. The zero-order chi connectivity index (χ0) is 21.3. The van der Waals surface area contributed by atoms with Crippen molar-refractivity contribution >= 4 is 0 Å². The lowest BCUT2D eigenvalue weighted by molar-refractivity contribution is 0.105. The highest BCUT2D eigenvalue weighted by Gasteiger charge is 2.35. The van der Waals surface area contributed by atoms with E-state index in [4.69, 9.17) is 0 Å². The van der Waals surface area contributed by atoms with Gasteiger partial charge in [-0.3, -0.25) is 0 Å². The molecule has 0 radical (unpaired) electrons. The molecule has 2 fully saturated rings.